The molecule has 10 aromatic carbocycles. The molecule has 13 rings (SSSR count). The van der Waals surface area contributed by atoms with E-state index in [1.54, 1.807) is 0 Å². The van der Waals surface area contributed by atoms with Crippen molar-refractivity contribution in [2.75, 3.05) is 0 Å². The molecule has 0 aliphatic carbocycles. The SMILES string of the molecule is N#Cc1ccc(-c2ccc3c4ccc(-c5ccc(C#N)cc5)cc4n(-c4ccc(-c5ccc6c(c5)c5ccccc5n6-c5ccccc5)cc4-c4nc(-c5ccccc5)nc(-c5ccccc5)n4)c3c2)cc1. The fraction of sp³-hybridized carbons (Fsp3) is 0. The van der Waals surface area contributed by atoms with Crippen LogP contribution in [0.5, 0.6) is 0 Å². The maximum atomic E-state index is 9.64. The zero-order valence-electron chi connectivity index (χ0n) is 38.6. The number of hydrogen-bond donors (Lipinski definition) is 0. The van der Waals surface area contributed by atoms with Crippen LogP contribution in [0, 0.1) is 22.7 Å². The zero-order chi connectivity index (χ0) is 48.1. The topological polar surface area (TPSA) is 96.1 Å². The molecule has 0 fully saturated rings. The molecule has 0 spiro atoms. The monoisotopic (exact) mass is 917 g/mol. The van der Waals surface area contributed by atoms with Gasteiger partial charge in [0.1, 0.15) is 0 Å². The van der Waals surface area contributed by atoms with Crippen molar-refractivity contribution in [3.05, 3.63) is 248 Å². The van der Waals surface area contributed by atoms with Crippen LogP contribution in [0.4, 0.5) is 0 Å². The molecule has 0 aliphatic heterocycles. The third-order valence-electron chi connectivity index (χ3n) is 13.7. The van der Waals surface area contributed by atoms with E-state index in [2.05, 4.69) is 149 Å². The summed E-state index contributed by atoms with van der Waals surface area (Å²) in [5.74, 6) is 1.67. The van der Waals surface area contributed by atoms with E-state index in [1.807, 2.05) is 109 Å². The average Bonchev–Trinajstić information content (AvgIpc) is 3.97. The van der Waals surface area contributed by atoms with Gasteiger partial charge in [0.2, 0.25) is 0 Å². The van der Waals surface area contributed by atoms with E-state index in [9.17, 15) is 10.5 Å². The van der Waals surface area contributed by atoms with Crippen LogP contribution in [-0.2, 0) is 0 Å². The van der Waals surface area contributed by atoms with Crippen molar-refractivity contribution in [1.29, 1.82) is 10.5 Å². The van der Waals surface area contributed by atoms with Crippen LogP contribution in [0.1, 0.15) is 11.1 Å². The first-order valence-corrected chi connectivity index (χ1v) is 23.8. The molecule has 3 heterocycles. The molecule has 13 aromatic rings. The van der Waals surface area contributed by atoms with Crippen molar-refractivity contribution in [3.8, 4) is 91.1 Å². The number of para-hydroxylation sites is 2. The summed E-state index contributed by atoms with van der Waals surface area (Å²) < 4.78 is 4.68. The molecule has 72 heavy (non-hydrogen) atoms. The fourth-order valence-corrected chi connectivity index (χ4v) is 10.1. The molecule has 334 valence electrons. The largest absolute Gasteiger partial charge is 0.309 e. The first-order valence-electron chi connectivity index (χ1n) is 23.8. The van der Waals surface area contributed by atoms with Gasteiger partial charge in [-0.05, 0) is 112 Å². The van der Waals surface area contributed by atoms with E-state index >= 15 is 0 Å². The highest BCUT2D eigenvalue weighted by molar-refractivity contribution is 6.12. The lowest BCUT2D eigenvalue weighted by Crippen LogP contribution is -2.04. The van der Waals surface area contributed by atoms with Gasteiger partial charge in [0.25, 0.3) is 0 Å². The van der Waals surface area contributed by atoms with Gasteiger partial charge in [-0.1, -0.05) is 158 Å². The fourth-order valence-electron chi connectivity index (χ4n) is 10.1. The van der Waals surface area contributed by atoms with E-state index < -0.39 is 0 Å². The molecule has 0 aliphatic rings. The number of aromatic nitrogens is 5. The van der Waals surface area contributed by atoms with Crippen LogP contribution >= 0.6 is 0 Å². The summed E-state index contributed by atoms with van der Waals surface area (Å²) in [6.45, 7) is 0. The Hall–Kier alpha value is -10.2. The molecule has 0 unspecified atom stereocenters. The van der Waals surface area contributed by atoms with E-state index in [1.165, 1.54) is 5.39 Å². The summed E-state index contributed by atoms with van der Waals surface area (Å²) in [5.41, 5.74) is 16.2. The minimum absolute atomic E-state index is 0.530. The molecule has 3 aromatic heterocycles. The van der Waals surface area contributed by atoms with Crippen molar-refractivity contribution in [3.63, 3.8) is 0 Å². The molecular formula is C65H39N7. The highest BCUT2D eigenvalue weighted by Crippen LogP contribution is 2.42. The predicted octanol–water partition coefficient (Wildman–Crippen LogP) is 15.8. The number of nitriles is 2. The average molecular weight is 918 g/mol. The molecule has 0 bridgehead atoms. The first kappa shape index (κ1) is 41.9. The molecule has 0 N–H and O–H groups in total. The minimum Gasteiger partial charge on any atom is -0.309 e. The Kier molecular flexibility index (Phi) is 10.1. The Morgan fingerprint density at radius 3 is 1.29 bits per heavy atom. The van der Waals surface area contributed by atoms with Gasteiger partial charge < -0.3 is 9.13 Å². The van der Waals surface area contributed by atoms with Gasteiger partial charge in [-0.25, -0.2) is 15.0 Å². The van der Waals surface area contributed by atoms with Gasteiger partial charge in [0, 0.05) is 43.9 Å². The van der Waals surface area contributed by atoms with Crippen LogP contribution < -0.4 is 0 Å². The first-order chi connectivity index (χ1) is 35.6. The Morgan fingerprint density at radius 2 is 0.722 bits per heavy atom. The van der Waals surface area contributed by atoms with Crippen LogP contribution in [-0.4, -0.2) is 24.1 Å². The molecule has 0 saturated heterocycles. The van der Waals surface area contributed by atoms with E-state index in [0.29, 0.717) is 28.6 Å². The third-order valence-corrected chi connectivity index (χ3v) is 13.7. The van der Waals surface area contributed by atoms with Crippen LogP contribution in [0.2, 0.25) is 0 Å². The van der Waals surface area contributed by atoms with Gasteiger partial charge >= 0.3 is 0 Å². The standard InChI is InChI=1S/C65H39N7/c66-40-42-20-24-44(25-21-42)50-28-32-54-55-33-29-51(45-26-22-43(41-67)23-27-45)39-62(55)72(61(54)38-50)60-35-31-49(48-30-34-59-56(36-48)53-18-10-11-19-58(53)71(59)52-16-8-3-9-17-52)37-57(60)65-69-63(46-12-4-1-5-13-46)68-64(70-65)47-14-6-2-7-15-47/h1-39H. The number of rotatable bonds is 8. The van der Waals surface area contributed by atoms with Crippen molar-refractivity contribution >= 4 is 43.6 Å². The van der Waals surface area contributed by atoms with Gasteiger partial charge in [-0.2, -0.15) is 10.5 Å². The summed E-state index contributed by atoms with van der Waals surface area (Å²) in [6.07, 6.45) is 0. The maximum Gasteiger partial charge on any atom is 0.166 e. The number of hydrogen-bond acceptors (Lipinski definition) is 5. The van der Waals surface area contributed by atoms with E-state index in [0.717, 1.165) is 99.7 Å². The van der Waals surface area contributed by atoms with Gasteiger partial charge in [0.05, 0.1) is 51.0 Å². The third kappa shape index (κ3) is 7.25. The second-order valence-corrected chi connectivity index (χ2v) is 17.9. The van der Waals surface area contributed by atoms with Crippen LogP contribution in [0.3, 0.4) is 0 Å². The van der Waals surface area contributed by atoms with Gasteiger partial charge in [-0.15, -0.1) is 0 Å². The normalized spacial score (nSPS) is 11.3. The molecular weight excluding hydrogens is 879 g/mol. The van der Waals surface area contributed by atoms with Crippen LogP contribution in [0.15, 0.2) is 237 Å². The summed E-state index contributed by atoms with van der Waals surface area (Å²) in [4.78, 5) is 15.8. The predicted molar refractivity (Wildman–Crippen MR) is 291 cm³/mol. The van der Waals surface area contributed by atoms with Crippen LogP contribution in [0.25, 0.3) is 123 Å². The number of benzene rings is 10. The lowest BCUT2D eigenvalue weighted by molar-refractivity contribution is 1.06. The van der Waals surface area contributed by atoms with Crippen molar-refractivity contribution in [2.45, 2.75) is 0 Å². The summed E-state index contributed by atoms with van der Waals surface area (Å²) >= 11 is 0. The molecule has 0 radical (unpaired) electrons. The highest BCUT2D eigenvalue weighted by Gasteiger charge is 2.22. The quantitative estimate of drug-likeness (QED) is 0.151. The van der Waals surface area contributed by atoms with Gasteiger partial charge in [-0.3, -0.25) is 0 Å². The van der Waals surface area contributed by atoms with E-state index in [-0.39, 0.29) is 0 Å². The summed E-state index contributed by atoms with van der Waals surface area (Å²) in [6, 6.07) is 85.9. The minimum atomic E-state index is 0.530. The Bertz CT molecular complexity index is 4140. The second-order valence-electron chi connectivity index (χ2n) is 17.9. The van der Waals surface area contributed by atoms with Gasteiger partial charge in [0.15, 0.2) is 17.5 Å². The van der Waals surface area contributed by atoms with Crippen molar-refractivity contribution < 1.29 is 0 Å². The number of nitrogens with zero attached hydrogens (tertiary/aromatic N) is 7. The Balaban J connectivity index is 1.10. The van der Waals surface area contributed by atoms with Crippen molar-refractivity contribution in [2.24, 2.45) is 0 Å². The van der Waals surface area contributed by atoms with E-state index in [4.69, 9.17) is 15.0 Å². The molecule has 7 heteroatoms. The highest BCUT2D eigenvalue weighted by atomic mass is 15.1. The summed E-state index contributed by atoms with van der Waals surface area (Å²) in [5, 5.41) is 23.8. The molecule has 0 atom stereocenters. The lowest BCUT2D eigenvalue weighted by atomic mass is 9.99. The number of fused-ring (bicyclic) bond motifs is 6. The smallest absolute Gasteiger partial charge is 0.166 e. The second kappa shape index (κ2) is 17.4. The van der Waals surface area contributed by atoms with Crippen molar-refractivity contribution in [1.82, 2.24) is 24.1 Å². The summed E-state index contributed by atoms with van der Waals surface area (Å²) in [7, 11) is 0. The Morgan fingerprint density at radius 1 is 0.292 bits per heavy atom. The lowest BCUT2D eigenvalue weighted by Gasteiger charge is -2.17. The zero-order valence-corrected chi connectivity index (χ0v) is 38.6. The molecule has 0 saturated carbocycles. The Labute approximate surface area is 415 Å². The molecule has 7 nitrogen and oxygen atoms in total. The molecule has 0 amide bonds. The maximum absolute atomic E-state index is 9.64.